The molecule has 0 heterocycles. The van der Waals surface area contributed by atoms with E-state index >= 15 is 0 Å². The minimum Gasteiger partial charge on any atom is -0.381 e. The Morgan fingerprint density at radius 3 is 2.14 bits per heavy atom. The Hall–Kier alpha value is -0.0800. The van der Waals surface area contributed by atoms with Crippen LogP contribution in [0.4, 0.5) is 0 Å². The third-order valence-electron chi connectivity index (χ3n) is 3.13. The van der Waals surface area contributed by atoms with Crippen LogP contribution in [0.2, 0.25) is 0 Å². The largest absolute Gasteiger partial charge is 0.381 e. The topological polar surface area (TPSA) is 35.2 Å². The van der Waals surface area contributed by atoms with Crippen molar-refractivity contribution >= 4 is 0 Å². The SMILES string of the molecule is CC(C)COCCC(C)(CN)C(C)C. The molecule has 0 aliphatic heterocycles. The van der Waals surface area contributed by atoms with Crippen LogP contribution in [0.25, 0.3) is 0 Å². The maximum absolute atomic E-state index is 5.79. The summed E-state index contributed by atoms with van der Waals surface area (Å²) < 4.78 is 5.59. The summed E-state index contributed by atoms with van der Waals surface area (Å²) in [6, 6.07) is 0. The summed E-state index contributed by atoms with van der Waals surface area (Å²) in [5, 5.41) is 0. The maximum Gasteiger partial charge on any atom is 0.0488 e. The van der Waals surface area contributed by atoms with Gasteiger partial charge in [0.25, 0.3) is 0 Å². The number of rotatable bonds is 7. The van der Waals surface area contributed by atoms with Gasteiger partial charge in [0.2, 0.25) is 0 Å². The van der Waals surface area contributed by atoms with Crippen molar-refractivity contribution in [2.45, 2.75) is 41.0 Å². The maximum atomic E-state index is 5.79. The molecule has 0 spiro atoms. The third-order valence-corrected chi connectivity index (χ3v) is 3.13. The molecule has 0 aromatic carbocycles. The van der Waals surface area contributed by atoms with E-state index in [9.17, 15) is 0 Å². The van der Waals surface area contributed by atoms with E-state index in [1.807, 2.05) is 0 Å². The van der Waals surface area contributed by atoms with Crippen LogP contribution in [0.3, 0.4) is 0 Å². The van der Waals surface area contributed by atoms with Crippen molar-refractivity contribution in [1.82, 2.24) is 0 Å². The number of hydrogen-bond donors (Lipinski definition) is 1. The van der Waals surface area contributed by atoms with Crippen LogP contribution >= 0.6 is 0 Å². The zero-order chi connectivity index (χ0) is 11.2. The van der Waals surface area contributed by atoms with Crippen LogP contribution in [0, 0.1) is 17.3 Å². The first-order valence-corrected chi connectivity index (χ1v) is 5.70. The van der Waals surface area contributed by atoms with Crippen LogP contribution in [0.1, 0.15) is 41.0 Å². The second kappa shape index (κ2) is 6.41. The minimum absolute atomic E-state index is 0.233. The summed E-state index contributed by atoms with van der Waals surface area (Å²) in [7, 11) is 0. The molecule has 0 bridgehead atoms. The van der Waals surface area contributed by atoms with Crippen molar-refractivity contribution in [3.8, 4) is 0 Å². The molecule has 86 valence electrons. The highest BCUT2D eigenvalue weighted by molar-refractivity contribution is 4.78. The average Bonchev–Trinajstić information content (AvgIpc) is 2.11. The summed E-state index contributed by atoms with van der Waals surface area (Å²) in [4.78, 5) is 0. The molecule has 14 heavy (non-hydrogen) atoms. The third kappa shape index (κ3) is 4.97. The van der Waals surface area contributed by atoms with Gasteiger partial charge in [-0.3, -0.25) is 0 Å². The molecule has 0 aliphatic rings. The Kier molecular flexibility index (Phi) is 6.38. The van der Waals surface area contributed by atoms with Crippen LogP contribution in [0.5, 0.6) is 0 Å². The van der Waals surface area contributed by atoms with Gasteiger partial charge in [-0.15, -0.1) is 0 Å². The van der Waals surface area contributed by atoms with E-state index in [0.29, 0.717) is 11.8 Å². The molecular formula is C12H27NO. The Morgan fingerprint density at radius 1 is 1.21 bits per heavy atom. The molecule has 0 radical (unpaired) electrons. The Morgan fingerprint density at radius 2 is 1.79 bits per heavy atom. The highest BCUT2D eigenvalue weighted by Crippen LogP contribution is 2.29. The lowest BCUT2D eigenvalue weighted by molar-refractivity contribution is 0.0685. The van der Waals surface area contributed by atoms with Gasteiger partial charge < -0.3 is 10.5 Å². The molecule has 0 aromatic rings. The second-order valence-corrected chi connectivity index (χ2v) is 5.23. The predicted octanol–water partition coefficient (Wildman–Crippen LogP) is 2.67. The molecule has 1 unspecified atom stereocenters. The lowest BCUT2D eigenvalue weighted by Gasteiger charge is -2.32. The fourth-order valence-electron chi connectivity index (χ4n) is 1.25. The van der Waals surface area contributed by atoms with Gasteiger partial charge in [0.05, 0.1) is 0 Å². The van der Waals surface area contributed by atoms with Gasteiger partial charge in [0, 0.05) is 13.2 Å². The fraction of sp³-hybridized carbons (Fsp3) is 1.00. The first kappa shape index (κ1) is 13.9. The molecule has 0 aliphatic carbocycles. The Labute approximate surface area is 89.2 Å². The second-order valence-electron chi connectivity index (χ2n) is 5.23. The molecule has 2 nitrogen and oxygen atoms in total. The molecule has 0 fully saturated rings. The van der Waals surface area contributed by atoms with E-state index in [2.05, 4.69) is 34.6 Å². The lowest BCUT2D eigenvalue weighted by atomic mass is 9.77. The molecule has 0 saturated heterocycles. The first-order valence-electron chi connectivity index (χ1n) is 5.70. The quantitative estimate of drug-likeness (QED) is 0.643. The van der Waals surface area contributed by atoms with E-state index in [1.165, 1.54) is 0 Å². The van der Waals surface area contributed by atoms with Crippen molar-refractivity contribution in [3.63, 3.8) is 0 Å². The van der Waals surface area contributed by atoms with Gasteiger partial charge in [-0.1, -0.05) is 34.6 Å². The predicted molar refractivity (Wildman–Crippen MR) is 62.3 cm³/mol. The average molecular weight is 201 g/mol. The molecule has 0 rings (SSSR count). The summed E-state index contributed by atoms with van der Waals surface area (Å²) >= 11 is 0. The molecule has 0 amide bonds. The lowest BCUT2D eigenvalue weighted by Crippen LogP contribution is -2.33. The van der Waals surface area contributed by atoms with Crippen LogP contribution in [-0.2, 0) is 4.74 Å². The summed E-state index contributed by atoms with van der Waals surface area (Å²) in [5.74, 6) is 1.24. The van der Waals surface area contributed by atoms with E-state index in [0.717, 1.165) is 26.2 Å². The van der Waals surface area contributed by atoms with Crippen molar-refractivity contribution in [2.24, 2.45) is 23.0 Å². The first-order chi connectivity index (χ1) is 6.42. The highest BCUT2D eigenvalue weighted by atomic mass is 16.5. The molecule has 0 aromatic heterocycles. The Bertz CT molecular complexity index is 145. The van der Waals surface area contributed by atoms with E-state index in [1.54, 1.807) is 0 Å². The van der Waals surface area contributed by atoms with Gasteiger partial charge in [-0.2, -0.15) is 0 Å². The number of nitrogens with two attached hydrogens (primary N) is 1. The molecule has 2 N–H and O–H groups in total. The minimum atomic E-state index is 0.233. The highest BCUT2D eigenvalue weighted by Gasteiger charge is 2.26. The van der Waals surface area contributed by atoms with Crippen molar-refractivity contribution in [1.29, 1.82) is 0 Å². The molecule has 2 heteroatoms. The zero-order valence-corrected chi connectivity index (χ0v) is 10.5. The van der Waals surface area contributed by atoms with Gasteiger partial charge in [-0.25, -0.2) is 0 Å². The van der Waals surface area contributed by atoms with Crippen LogP contribution in [-0.4, -0.2) is 19.8 Å². The number of ether oxygens (including phenoxy) is 1. The van der Waals surface area contributed by atoms with Gasteiger partial charge in [-0.05, 0) is 30.2 Å². The summed E-state index contributed by atoms with van der Waals surface area (Å²) in [6.07, 6.45) is 1.06. The summed E-state index contributed by atoms with van der Waals surface area (Å²) in [5.41, 5.74) is 6.03. The van der Waals surface area contributed by atoms with E-state index in [-0.39, 0.29) is 5.41 Å². The summed E-state index contributed by atoms with van der Waals surface area (Å²) in [6.45, 7) is 13.5. The van der Waals surface area contributed by atoms with Gasteiger partial charge in [0.15, 0.2) is 0 Å². The zero-order valence-electron chi connectivity index (χ0n) is 10.5. The standard InChI is InChI=1S/C12H27NO/c1-10(2)8-14-7-6-12(5,9-13)11(3)4/h10-11H,6-9,13H2,1-5H3. The number of hydrogen-bond acceptors (Lipinski definition) is 2. The fourth-order valence-corrected chi connectivity index (χ4v) is 1.25. The van der Waals surface area contributed by atoms with Crippen LogP contribution < -0.4 is 5.73 Å². The van der Waals surface area contributed by atoms with Crippen molar-refractivity contribution in [2.75, 3.05) is 19.8 Å². The monoisotopic (exact) mass is 201 g/mol. The van der Waals surface area contributed by atoms with E-state index in [4.69, 9.17) is 10.5 Å². The molecular weight excluding hydrogens is 174 g/mol. The van der Waals surface area contributed by atoms with Crippen molar-refractivity contribution in [3.05, 3.63) is 0 Å². The Balaban J connectivity index is 3.73. The smallest absolute Gasteiger partial charge is 0.0488 e. The molecule has 1 atom stereocenters. The molecule has 0 saturated carbocycles. The van der Waals surface area contributed by atoms with Gasteiger partial charge >= 0.3 is 0 Å². The van der Waals surface area contributed by atoms with Crippen LogP contribution in [0.15, 0.2) is 0 Å². The van der Waals surface area contributed by atoms with Gasteiger partial charge in [0.1, 0.15) is 0 Å². The van der Waals surface area contributed by atoms with E-state index < -0.39 is 0 Å². The normalized spacial score (nSPS) is 16.3. The van der Waals surface area contributed by atoms with Crippen molar-refractivity contribution < 1.29 is 4.74 Å².